The van der Waals surface area contributed by atoms with Crippen LogP contribution in [-0.4, -0.2) is 34.3 Å². The molecule has 0 aromatic rings. The molecule has 1 aliphatic rings. The zero-order chi connectivity index (χ0) is 10.0. The first-order chi connectivity index (χ1) is 6.02. The molecule has 5 heteroatoms. The van der Waals surface area contributed by atoms with E-state index in [9.17, 15) is 4.79 Å². The molecule has 0 radical (unpaired) electrons. The first kappa shape index (κ1) is 10.8. The number of carboxylic acids is 1. The maximum Gasteiger partial charge on any atom is 0.321 e. The third kappa shape index (κ3) is 2.59. The fourth-order valence-corrected chi connectivity index (χ4v) is 2.64. The molecule has 0 saturated carbocycles. The summed E-state index contributed by atoms with van der Waals surface area (Å²) in [5.41, 5.74) is 5.91. The first-order valence-corrected chi connectivity index (χ1v) is 5.43. The molecule has 0 aromatic heterocycles. The average molecular weight is 204 g/mol. The van der Waals surface area contributed by atoms with E-state index in [1.54, 1.807) is 11.8 Å². The lowest BCUT2D eigenvalue weighted by atomic mass is 10.1. The summed E-state index contributed by atoms with van der Waals surface area (Å²) in [6.45, 7) is 4.09. The van der Waals surface area contributed by atoms with E-state index >= 15 is 0 Å². The lowest BCUT2D eigenvalue weighted by Crippen LogP contribution is -2.47. The number of thioether (sulfide) groups is 1. The number of nitrogens with one attached hydrogen (secondary N) is 1. The Balaban J connectivity index is 2.45. The first-order valence-electron chi connectivity index (χ1n) is 4.38. The second kappa shape index (κ2) is 4.30. The number of hydrogen-bond donors (Lipinski definition) is 3. The third-order valence-corrected chi connectivity index (χ3v) is 3.56. The van der Waals surface area contributed by atoms with Crippen LogP contribution in [0.1, 0.15) is 13.8 Å². The standard InChI is InChI=1S/C8H16N2O2S/c1-4(2)6(9)7-10-5(3-13-7)8(11)12/h4-7,10H,3,9H2,1-2H3,(H,11,12). The molecule has 4 nitrogen and oxygen atoms in total. The van der Waals surface area contributed by atoms with Gasteiger partial charge < -0.3 is 10.8 Å². The van der Waals surface area contributed by atoms with Crippen LogP contribution in [0.4, 0.5) is 0 Å². The fraction of sp³-hybridized carbons (Fsp3) is 0.875. The molecule has 13 heavy (non-hydrogen) atoms. The van der Waals surface area contributed by atoms with E-state index in [1.807, 2.05) is 13.8 Å². The van der Waals surface area contributed by atoms with Gasteiger partial charge in [0.15, 0.2) is 0 Å². The number of carboxylic acid groups (broad SMARTS) is 1. The Hall–Kier alpha value is -0.260. The van der Waals surface area contributed by atoms with Gasteiger partial charge in [0.2, 0.25) is 0 Å². The molecule has 1 rings (SSSR count). The Kier molecular flexibility index (Phi) is 3.58. The van der Waals surface area contributed by atoms with Crippen molar-refractivity contribution in [3.63, 3.8) is 0 Å². The van der Waals surface area contributed by atoms with Crippen molar-refractivity contribution in [1.82, 2.24) is 5.32 Å². The van der Waals surface area contributed by atoms with Crippen molar-refractivity contribution in [2.24, 2.45) is 11.7 Å². The summed E-state index contributed by atoms with van der Waals surface area (Å²) < 4.78 is 0. The molecule has 0 bridgehead atoms. The summed E-state index contributed by atoms with van der Waals surface area (Å²) in [6, 6.07) is -0.408. The maximum atomic E-state index is 10.6. The highest BCUT2D eigenvalue weighted by Crippen LogP contribution is 2.23. The molecule has 0 aromatic carbocycles. The highest BCUT2D eigenvalue weighted by molar-refractivity contribution is 8.00. The van der Waals surface area contributed by atoms with Crippen LogP contribution >= 0.6 is 11.8 Å². The van der Waals surface area contributed by atoms with Gasteiger partial charge in [-0.1, -0.05) is 13.8 Å². The van der Waals surface area contributed by atoms with Crippen LogP contribution in [0.25, 0.3) is 0 Å². The van der Waals surface area contributed by atoms with Gasteiger partial charge in [0.25, 0.3) is 0 Å². The van der Waals surface area contributed by atoms with Crippen LogP contribution < -0.4 is 11.1 Å². The Labute approximate surface area is 82.3 Å². The highest BCUT2D eigenvalue weighted by atomic mass is 32.2. The van der Waals surface area contributed by atoms with Crippen LogP contribution in [0.2, 0.25) is 0 Å². The van der Waals surface area contributed by atoms with Crippen molar-refractivity contribution in [2.45, 2.75) is 31.3 Å². The van der Waals surface area contributed by atoms with Gasteiger partial charge in [0.1, 0.15) is 6.04 Å². The Bertz CT molecular complexity index is 199. The fourth-order valence-electron chi connectivity index (χ4n) is 1.21. The molecule has 1 aliphatic heterocycles. The second-order valence-corrected chi connectivity index (χ2v) is 4.81. The smallest absolute Gasteiger partial charge is 0.321 e. The van der Waals surface area contributed by atoms with Crippen molar-refractivity contribution in [1.29, 1.82) is 0 Å². The Morgan fingerprint density at radius 2 is 2.31 bits per heavy atom. The van der Waals surface area contributed by atoms with E-state index in [4.69, 9.17) is 10.8 Å². The molecular formula is C8H16N2O2S. The molecule has 1 fully saturated rings. The summed E-state index contributed by atoms with van der Waals surface area (Å²) in [5.74, 6) is 0.198. The lowest BCUT2D eigenvalue weighted by molar-refractivity contribution is -0.138. The van der Waals surface area contributed by atoms with Gasteiger partial charge in [-0.3, -0.25) is 10.1 Å². The lowest BCUT2D eigenvalue weighted by Gasteiger charge is -2.22. The van der Waals surface area contributed by atoms with Gasteiger partial charge in [-0.2, -0.15) is 0 Å². The van der Waals surface area contributed by atoms with Crippen LogP contribution in [0.3, 0.4) is 0 Å². The minimum absolute atomic E-state index is 0.0225. The normalized spacial score (nSPS) is 30.8. The summed E-state index contributed by atoms with van der Waals surface area (Å²) in [7, 11) is 0. The predicted octanol–water partition coefficient (Wildman–Crippen LogP) is 0.0854. The summed E-state index contributed by atoms with van der Waals surface area (Å²) in [4.78, 5) is 10.6. The zero-order valence-electron chi connectivity index (χ0n) is 7.86. The molecule has 76 valence electrons. The SMILES string of the molecule is CC(C)C(N)C1NC(C(=O)O)CS1. The number of rotatable bonds is 3. The van der Waals surface area contributed by atoms with Crippen LogP contribution in [0.5, 0.6) is 0 Å². The molecule has 0 aliphatic carbocycles. The highest BCUT2D eigenvalue weighted by Gasteiger charge is 2.33. The molecule has 3 unspecified atom stereocenters. The average Bonchev–Trinajstić information content (AvgIpc) is 2.50. The monoisotopic (exact) mass is 204 g/mol. The molecule has 0 amide bonds. The van der Waals surface area contributed by atoms with E-state index in [1.165, 1.54) is 0 Å². The molecule has 4 N–H and O–H groups in total. The summed E-state index contributed by atoms with van der Waals surface area (Å²) >= 11 is 1.60. The van der Waals surface area contributed by atoms with Gasteiger partial charge >= 0.3 is 5.97 Å². The largest absolute Gasteiger partial charge is 0.480 e. The molecule has 1 saturated heterocycles. The Morgan fingerprint density at radius 3 is 2.69 bits per heavy atom. The van der Waals surface area contributed by atoms with E-state index < -0.39 is 12.0 Å². The third-order valence-electron chi connectivity index (χ3n) is 2.23. The van der Waals surface area contributed by atoms with Crippen LogP contribution in [0, 0.1) is 5.92 Å². The molecular weight excluding hydrogens is 188 g/mol. The van der Waals surface area contributed by atoms with Gasteiger partial charge in [-0.05, 0) is 5.92 Å². The minimum Gasteiger partial charge on any atom is -0.480 e. The predicted molar refractivity (Wildman–Crippen MR) is 53.6 cm³/mol. The van der Waals surface area contributed by atoms with E-state index in [-0.39, 0.29) is 11.4 Å². The van der Waals surface area contributed by atoms with Crippen molar-refractivity contribution in [2.75, 3.05) is 5.75 Å². The van der Waals surface area contributed by atoms with Crippen LogP contribution in [-0.2, 0) is 4.79 Å². The second-order valence-electron chi connectivity index (χ2n) is 3.63. The quantitative estimate of drug-likeness (QED) is 0.607. The van der Waals surface area contributed by atoms with Crippen molar-refractivity contribution >= 4 is 17.7 Å². The van der Waals surface area contributed by atoms with E-state index in [2.05, 4.69) is 5.32 Å². The number of aliphatic carboxylic acids is 1. The van der Waals surface area contributed by atoms with E-state index in [0.717, 1.165) is 0 Å². The van der Waals surface area contributed by atoms with Gasteiger partial charge in [0.05, 0.1) is 5.37 Å². The van der Waals surface area contributed by atoms with Crippen LogP contribution in [0.15, 0.2) is 0 Å². The molecule has 3 atom stereocenters. The number of carbonyl (C=O) groups is 1. The van der Waals surface area contributed by atoms with Gasteiger partial charge in [-0.25, -0.2) is 0 Å². The minimum atomic E-state index is -0.786. The van der Waals surface area contributed by atoms with Gasteiger partial charge in [-0.15, -0.1) is 11.8 Å². The molecule has 0 spiro atoms. The number of hydrogen-bond acceptors (Lipinski definition) is 4. The van der Waals surface area contributed by atoms with Crippen molar-refractivity contribution in [3.05, 3.63) is 0 Å². The van der Waals surface area contributed by atoms with Gasteiger partial charge in [0, 0.05) is 11.8 Å². The molecule has 1 heterocycles. The van der Waals surface area contributed by atoms with Crippen molar-refractivity contribution in [3.8, 4) is 0 Å². The number of nitrogens with two attached hydrogens (primary N) is 1. The van der Waals surface area contributed by atoms with E-state index in [0.29, 0.717) is 11.7 Å². The van der Waals surface area contributed by atoms with Crippen molar-refractivity contribution < 1.29 is 9.90 Å². The maximum absolute atomic E-state index is 10.6. The summed E-state index contributed by atoms with van der Waals surface area (Å²) in [5, 5.41) is 11.8. The Morgan fingerprint density at radius 1 is 1.69 bits per heavy atom. The topological polar surface area (TPSA) is 75.3 Å². The summed E-state index contributed by atoms with van der Waals surface area (Å²) in [6.07, 6.45) is 0. The zero-order valence-corrected chi connectivity index (χ0v) is 8.67.